The lowest BCUT2D eigenvalue weighted by Crippen LogP contribution is -2.50. The number of sulfonamides is 1. The van der Waals surface area contributed by atoms with Gasteiger partial charge in [0, 0.05) is 5.02 Å². The van der Waals surface area contributed by atoms with E-state index in [1.54, 1.807) is 43.3 Å². The third-order valence-corrected chi connectivity index (χ3v) is 5.99. The number of aryl methyl sites for hydroxylation is 2. The minimum Gasteiger partial charge on any atom is -0.492 e. The highest BCUT2D eigenvalue weighted by Gasteiger charge is 2.31. The van der Waals surface area contributed by atoms with Crippen molar-refractivity contribution in [3.05, 3.63) is 58.6 Å². The number of carbonyl (C=O) groups excluding carboxylic acids is 1. The Morgan fingerprint density at radius 1 is 1.14 bits per heavy atom. The molecule has 8 heteroatoms. The lowest BCUT2D eigenvalue weighted by atomic mass is 10.1. The first kappa shape index (κ1) is 23.0. The number of nitrogens with zero attached hydrogens (tertiary/aromatic N) is 1. The highest BCUT2D eigenvalue weighted by atomic mass is 35.5. The van der Waals surface area contributed by atoms with Gasteiger partial charge in [0.05, 0.1) is 18.5 Å². The predicted molar refractivity (Wildman–Crippen MR) is 117 cm³/mol. The molecule has 6 nitrogen and oxygen atoms in total. The van der Waals surface area contributed by atoms with Gasteiger partial charge in [-0.3, -0.25) is 9.10 Å². The summed E-state index contributed by atoms with van der Waals surface area (Å²) in [7, 11) is -3.65. The summed E-state index contributed by atoms with van der Waals surface area (Å²) in [5, 5.41) is 3.38. The van der Waals surface area contributed by atoms with Crippen LogP contribution in [0.15, 0.2) is 42.5 Å². The van der Waals surface area contributed by atoms with E-state index >= 15 is 0 Å². The number of amides is 1. The number of hydrogen-bond acceptors (Lipinski definition) is 4. The molecule has 0 saturated carbocycles. The third-order valence-electron chi connectivity index (χ3n) is 4.56. The van der Waals surface area contributed by atoms with Crippen molar-refractivity contribution < 1.29 is 17.9 Å². The van der Waals surface area contributed by atoms with Crippen molar-refractivity contribution in [2.45, 2.75) is 33.2 Å². The van der Waals surface area contributed by atoms with E-state index in [1.807, 2.05) is 19.9 Å². The number of hydrogen-bond donors (Lipinski definition) is 1. The van der Waals surface area contributed by atoms with Gasteiger partial charge in [0.25, 0.3) is 0 Å². The lowest BCUT2D eigenvalue weighted by molar-refractivity contribution is -0.122. The van der Waals surface area contributed by atoms with Crippen LogP contribution in [0.4, 0.5) is 5.69 Å². The molecule has 2 rings (SSSR count). The molecular weight excluding hydrogens is 412 g/mol. The van der Waals surface area contributed by atoms with Crippen LogP contribution in [0.5, 0.6) is 5.75 Å². The molecule has 158 valence electrons. The van der Waals surface area contributed by atoms with Crippen molar-refractivity contribution in [2.24, 2.45) is 0 Å². The molecule has 0 radical (unpaired) electrons. The standard InChI is InChI=1S/C21H27ClN2O4S/c1-5-20(21(25)23-12-13-28-19-10-7-17(22)8-11-19)24(29(4,26)27)18-9-6-15(2)16(3)14-18/h6-11,14,20H,5,12-13H2,1-4H3,(H,23,25). The van der Waals surface area contributed by atoms with Crippen molar-refractivity contribution in [1.82, 2.24) is 5.32 Å². The van der Waals surface area contributed by atoms with Crippen LogP contribution in [0.1, 0.15) is 24.5 Å². The van der Waals surface area contributed by atoms with Crippen LogP contribution in [0.25, 0.3) is 0 Å². The van der Waals surface area contributed by atoms with Crippen LogP contribution in [-0.2, 0) is 14.8 Å². The van der Waals surface area contributed by atoms with Crippen LogP contribution in [0, 0.1) is 13.8 Å². The van der Waals surface area contributed by atoms with Crippen molar-refractivity contribution in [3.8, 4) is 5.75 Å². The van der Waals surface area contributed by atoms with Gasteiger partial charge in [-0.05, 0) is 67.8 Å². The molecule has 0 aliphatic heterocycles. The zero-order valence-electron chi connectivity index (χ0n) is 17.1. The quantitative estimate of drug-likeness (QED) is 0.606. The van der Waals surface area contributed by atoms with E-state index in [0.29, 0.717) is 22.9 Å². The fourth-order valence-corrected chi connectivity index (χ4v) is 4.24. The zero-order valence-corrected chi connectivity index (χ0v) is 18.7. The number of ether oxygens (including phenoxy) is 1. The van der Waals surface area contributed by atoms with Crippen molar-refractivity contribution in [3.63, 3.8) is 0 Å². The second-order valence-electron chi connectivity index (χ2n) is 6.84. The molecule has 1 amide bonds. The first-order valence-electron chi connectivity index (χ1n) is 9.36. The number of halogens is 1. The van der Waals surface area contributed by atoms with Gasteiger partial charge >= 0.3 is 0 Å². The summed E-state index contributed by atoms with van der Waals surface area (Å²) in [5.41, 5.74) is 2.50. The Balaban J connectivity index is 2.07. The van der Waals surface area contributed by atoms with Crippen LogP contribution in [-0.4, -0.2) is 39.8 Å². The molecule has 29 heavy (non-hydrogen) atoms. The van der Waals surface area contributed by atoms with Gasteiger partial charge in [-0.2, -0.15) is 0 Å². The topological polar surface area (TPSA) is 75.7 Å². The molecule has 2 aromatic rings. The number of anilines is 1. The van der Waals surface area contributed by atoms with E-state index in [1.165, 1.54) is 4.31 Å². The fourth-order valence-electron chi connectivity index (χ4n) is 2.91. The van der Waals surface area contributed by atoms with E-state index in [4.69, 9.17) is 16.3 Å². The maximum absolute atomic E-state index is 12.8. The Morgan fingerprint density at radius 3 is 2.34 bits per heavy atom. The molecule has 1 N–H and O–H groups in total. The van der Waals surface area contributed by atoms with Crippen LogP contribution >= 0.6 is 11.6 Å². The molecule has 0 heterocycles. The Hall–Kier alpha value is -2.25. The normalized spacial score (nSPS) is 12.3. The van der Waals surface area contributed by atoms with Crippen molar-refractivity contribution >= 4 is 33.2 Å². The zero-order chi connectivity index (χ0) is 21.6. The Bertz CT molecular complexity index is 946. The summed E-state index contributed by atoms with van der Waals surface area (Å²) in [6.45, 7) is 6.16. The van der Waals surface area contributed by atoms with Gasteiger partial charge in [0.2, 0.25) is 15.9 Å². The monoisotopic (exact) mass is 438 g/mol. The minimum atomic E-state index is -3.65. The van der Waals surface area contributed by atoms with Gasteiger partial charge < -0.3 is 10.1 Å². The van der Waals surface area contributed by atoms with Crippen LogP contribution < -0.4 is 14.4 Å². The maximum atomic E-state index is 12.8. The molecule has 0 saturated heterocycles. The SMILES string of the molecule is CCC(C(=O)NCCOc1ccc(Cl)cc1)N(c1ccc(C)c(C)c1)S(C)(=O)=O. The molecule has 2 aromatic carbocycles. The summed E-state index contributed by atoms with van der Waals surface area (Å²) in [6.07, 6.45) is 1.45. The highest BCUT2D eigenvalue weighted by Crippen LogP contribution is 2.25. The van der Waals surface area contributed by atoms with Crippen molar-refractivity contribution in [1.29, 1.82) is 0 Å². The molecule has 0 aliphatic carbocycles. The largest absolute Gasteiger partial charge is 0.492 e. The third kappa shape index (κ3) is 6.37. The first-order chi connectivity index (χ1) is 13.6. The summed E-state index contributed by atoms with van der Waals surface area (Å²) in [6, 6.07) is 11.4. The summed E-state index contributed by atoms with van der Waals surface area (Å²) in [4.78, 5) is 12.8. The highest BCUT2D eigenvalue weighted by molar-refractivity contribution is 7.92. The average molecular weight is 439 g/mol. The smallest absolute Gasteiger partial charge is 0.244 e. The second-order valence-corrected chi connectivity index (χ2v) is 9.14. The Morgan fingerprint density at radius 2 is 1.79 bits per heavy atom. The second kappa shape index (κ2) is 9.98. The molecular formula is C21H27ClN2O4S. The molecule has 0 aromatic heterocycles. The van der Waals surface area contributed by atoms with E-state index in [-0.39, 0.29) is 19.1 Å². The van der Waals surface area contributed by atoms with Gasteiger partial charge in [-0.15, -0.1) is 0 Å². The Kier molecular flexibility index (Phi) is 7.93. The molecule has 0 fully saturated rings. The average Bonchev–Trinajstić information content (AvgIpc) is 2.66. The number of rotatable bonds is 9. The van der Waals surface area contributed by atoms with Crippen LogP contribution in [0.3, 0.4) is 0 Å². The van der Waals surface area contributed by atoms with Crippen molar-refractivity contribution in [2.75, 3.05) is 23.7 Å². The van der Waals surface area contributed by atoms with Gasteiger partial charge in [0.1, 0.15) is 18.4 Å². The maximum Gasteiger partial charge on any atom is 0.244 e. The molecule has 0 bridgehead atoms. The first-order valence-corrected chi connectivity index (χ1v) is 11.6. The van der Waals surface area contributed by atoms with Gasteiger partial charge in [-0.25, -0.2) is 8.42 Å². The van der Waals surface area contributed by atoms with E-state index < -0.39 is 16.1 Å². The molecule has 0 spiro atoms. The van der Waals surface area contributed by atoms with Gasteiger partial charge in [-0.1, -0.05) is 24.6 Å². The van der Waals surface area contributed by atoms with E-state index in [0.717, 1.165) is 17.4 Å². The van der Waals surface area contributed by atoms with E-state index in [9.17, 15) is 13.2 Å². The summed E-state index contributed by atoms with van der Waals surface area (Å²) >= 11 is 5.83. The summed E-state index contributed by atoms with van der Waals surface area (Å²) < 4.78 is 31.7. The molecule has 1 atom stereocenters. The van der Waals surface area contributed by atoms with Gasteiger partial charge in [0.15, 0.2) is 0 Å². The number of nitrogens with one attached hydrogen (secondary N) is 1. The number of benzene rings is 2. The summed E-state index contributed by atoms with van der Waals surface area (Å²) in [5.74, 6) is 0.277. The fraction of sp³-hybridized carbons (Fsp3) is 0.381. The predicted octanol–water partition coefficient (Wildman–Crippen LogP) is 3.70. The van der Waals surface area contributed by atoms with Crippen LogP contribution in [0.2, 0.25) is 5.02 Å². The Labute approximate surface area is 177 Å². The van der Waals surface area contributed by atoms with E-state index in [2.05, 4.69) is 5.32 Å². The lowest BCUT2D eigenvalue weighted by Gasteiger charge is -2.30. The number of carbonyl (C=O) groups is 1. The molecule has 1 unspecified atom stereocenters. The minimum absolute atomic E-state index is 0.252. The molecule has 0 aliphatic rings.